The Morgan fingerprint density at radius 2 is 1.95 bits per heavy atom. The Kier molecular flexibility index (Phi) is 4.05. The summed E-state index contributed by atoms with van der Waals surface area (Å²) in [6.07, 6.45) is 3.44. The number of hydrogen-bond acceptors (Lipinski definition) is 3. The largest absolute Gasteiger partial charge is 0.384 e. The van der Waals surface area contributed by atoms with Crippen LogP contribution in [0.5, 0.6) is 0 Å². The Morgan fingerprint density at radius 3 is 2.62 bits per heavy atom. The van der Waals surface area contributed by atoms with E-state index in [1.165, 1.54) is 0 Å². The third kappa shape index (κ3) is 2.78. The maximum absolute atomic E-state index is 11.9. The van der Waals surface area contributed by atoms with Gasteiger partial charge in [0.25, 0.3) is 5.91 Å². The lowest BCUT2D eigenvalue weighted by Crippen LogP contribution is -2.10. The maximum atomic E-state index is 11.9. The fraction of sp³-hybridized carbons (Fsp3) is 0. The van der Waals surface area contributed by atoms with Crippen molar-refractivity contribution in [2.24, 2.45) is 5.73 Å². The van der Waals surface area contributed by atoms with Crippen molar-refractivity contribution in [3.05, 3.63) is 59.3 Å². The number of rotatable bonds is 2. The van der Waals surface area contributed by atoms with E-state index in [0.29, 0.717) is 17.0 Å². The van der Waals surface area contributed by atoms with Gasteiger partial charge in [0.2, 0.25) is 0 Å². The van der Waals surface area contributed by atoms with E-state index >= 15 is 0 Å². The number of fused-ring (bicyclic) bond motifs is 1. The first-order valence-electron chi connectivity index (χ1n) is 6.08. The van der Waals surface area contributed by atoms with Gasteiger partial charge in [0.05, 0.1) is 5.57 Å². The van der Waals surface area contributed by atoms with Crippen LogP contribution in [0.3, 0.4) is 0 Å². The summed E-state index contributed by atoms with van der Waals surface area (Å²) in [5.41, 5.74) is 8.32. The van der Waals surface area contributed by atoms with Crippen LogP contribution < -0.4 is 11.1 Å². The van der Waals surface area contributed by atoms with Crippen LogP contribution in [-0.2, 0) is 4.79 Å². The number of benzene rings is 1. The summed E-state index contributed by atoms with van der Waals surface area (Å²) < 4.78 is 0. The Morgan fingerprint density at radius 1 is 1.24 bits per heavy atom. The minimum absolute atomic E-state index is 0. The van der Waals surface area contributed by atoms with Gasteiger partial charge in [0.15, 0.2) is 0 Å². The molecule has 0 spiro atoms. The molecule has 0 unspecified atom stereocenters. The number of aromatic nitrogens is 1. The number of nitrogen functional groups attached to an aromatic ring is 1. The van der Waals surface area contributed by atoms with E-state index in [-0.39, 0.29) is 24.1 Å². The molecule has 5 nitrogen and oxygen atoms in total. The minimum Gasteiger partial charge on any atom is -0.384 e. The van der Waals surface area contributed by atoms with Crippen LogP contribution in [0, 0.1) is 5.41 Å². The van der Waals surface area contributed by atoms with E-state index in [0.717, 1.165) is 11.1 Å². The fourth-order valence-electron chi connectivity index (χ4n) is 2.09. The second-order valence-electron chi connectivity index (χ2n) is 4.45. The molecule has 1 aromatic carbocycles. The zero-order valence-electron chi connectivity index (χ0n) is 11.0. The summed E-state index contributed by atoms with van der Waals surface area (Å²) in [4.78, 5) is 16.1. The van der Waals surface area contributed by atoms with Gasteiger partial charge in [0, 0.05) is 17.3 Å². The average molecular weight is 301 g/mol. The number of amidine groups is 1. The van der Waals surface area contributed by atoms with E-state index in [2.05, 4.69) is 10.3 Å². The van der Waals surface area contributed by atoms with Crippen LogP contribution in [0.2, 0.25) is 0 Å². The van der Waals surface area contributed by atoms with Crippen LogP contribution in [0.15, 0.2) is 42.6 Å². The van der Waals surface area contributed by atoms with Crippen molar-refractivity contribution in [2.75, 3.05) is 5.32 Å². The van der Waals surface area contributed by atoms with Crippen molar-refractivity contribution in [3.8, 4) is 0 Å². The molecular weight excluding hydrogens is 288 g/mol. The van der Waals surface area contributed by atoms with Gasteiger partial charge in [-0.25, -0.2) is 4.98 Å². The highest BCUT2D eigenvalue weighted by atomic mass is 35.5. The molecule has 106 valence electrons. The summed E-state index contributed by atoms with van der Waals surface area (Å²) in [6, 6.07) is 10.8. The fourth-order valence-corrected chi connectivity index (χ4v) is 2.09. The van der Waals surface area contributed by atoms with E-state index < -0.39 is 0 Å². The molecule has 2 aromatic rings. The zero-order chi connectivity index (χ0) is 14.1. The van der Waals surface area contributed by atoms with Gasteiger partial charge in [0.1, 0.15) is 11.7 Å². The first-order chi connectivity index (χ1) is 9.65. The number of carbonyl (C=O) groups excluding carboxylic acids is 1. The standard InChI is InChI=1S/C15H12N4O.ClH/c16-13(17)10-5-3-9(4-6-10)8-12-11-2-1-7-18-14(11)19-15(12)20;/h1-8H,(H3,16,17)(H,18,19,20);1H. The van der Waals surface area contributed by atoms with Gasteiger partial charge in [-0.2, -0.15) is 0 Å². The smallest absolute Gasteiger partial charge is 0.257 e. The first kappa shape index (κ1) is 14.7. The number of carbonyl (C=O) groups is 1. The number of nitrogens with one attached hydrogen (secondary N) is 2. The first-order valence-corrected chi connectivity index (χ1v) is 6.08. The third-order valence-corrected chi connectivity index (χ3v) is 3.11. The summed E-state index contributed by atoms with van der Waals surface area (Å²) in [7, 11) is 0. The van der Waals surface area contributed by atoms with Crippen LogP contribution in [0.1, 0.15) is 16.7 Å². The number of amides is 1. The molecule has 0 aliphatic carbocycles. The van der Waals surface area contributed by atoms with Crippen LogP contribution in [0.25, 0.3) is 11.6 Å². The molecule has 0 saturated heterocycles. The van der Waals surface area contributed by atoms with Gasteiger partial charge in [-0.3, -0.25) is 10.2 Å². The molecule has 1 amide bonds. The molecule has 1 aliphatic heterocycles. The Labute approximate surface area is 127 Å². The molecule has 0 radical (unpaired) electrons. The highest BCUT2D eigenvalue weighted by Gasteiger charge is 2.24. The molecule has 0 fully saturated rings. The molecule has 1 aromatic heterocycles. The number of nitrogens with zero attached hydrogens (tertiary/aromatic N) is 1. The Balaban J connectivity index is 0.00000161. The van der Waals surface area contributed by atoms with E-state index in [4.69, 9.17) is 11.1 Å². The number of hydrogen-bond donors (Lipinski definition) is 3. The van der Waals surface area contributed by atoms with Gasteiger partial charge in [-0.15, -0.1) is 12.4 Å². The Bertz CT molecular complexity index is 738. The molecular formula is C15H13ClN4O. The average Bonchev–Trinajstić information content (AvgIpc) is 2.76. The lowest BCUT2D eigenvalue weighted by Gasteiger charge is -2.00. The second kappa shape index (κ2) is 5.76. The highest BCUT2D eigenvalue weighted by Crippen LogP contribution is 2.30. The van der Waals surface area contributed by atoms with E-state index in [9.17, 15) is 4.79 Å². The zero-order valence-corrected chi connectivity index (χ0v) is 11.8. The van der Waals surface area contributed by atoms with E-state index in [1.807, 2.05) is 18.2 Å². The molecule has 6 heteroatoms. The van der Waals surface area contributed by atoms with Crippen molar-refractivity contribution in [1.29, 1.82) is 5.41 Å². The summed E-state index contributed by atoms with van der Waals surface area (Å²) in [6.45, 7) is 0. The van der Waals surface area contributed by atoms with Crippen molar-refractivity contribution in [2.45, 2.75) is 0 Å². The number of nitrogens with two attached hydrogens (primary N) is 1. The van der Waals surface area contributed by atoms with Crippen molar-refractivity contribution in [3.63, 3.8) is 0 Å². The summed E-state index contributed by atoms with van der Waals surface area (Å²) in [5, 5.41) is 10.1. The van der Waals surface area contributed by atoms with Crippen molar-refractivity contribution >= 4 is 41.6 Å². The van der Waals surface area contributed by atoms with Gasteiger partial charge in [-0.1, -0.05) is 24.3 Å². The monoisotopic (exact) mass is 300 g/mol. The lowest BCUT2D eigenvalue weighted by atomic mass is 10.0. The highest BCUT2D eigenvalue weighted by molar-refractivity contribution is 6.34. The number of halogens is 1. The third-order valence-electron chi connectivity index (χ3n) is 3.11. The molecule has 0 bridgehead atoms. The Hall–Kier alpha value is -2.66. The lowest BCUT2D eigenvalue weighted by molar-refractivity contribution is -0.110. The van der Waals surface area contributed by atoms with Crippen molar-refractivity contribution in [1.82, 2.24) is 4.98 Å². The summed E-state index contributed by atoms with van der Waals surface area (Å²) in [5.74, 6) is 0.454. The van der Waals surface area contributed by atoms with Crippen LogP contribution >= 0.6 is 12.4 Å². The van der Waals surface area contributed by atoms with Crippen LogP contribution in [-0.4, -0.2) is 16.7 Å². The predicted molar refractivity (Wildman–Crippen MR) is 85.4 cm³/mol. The molecule has 4 N–H and O–H groups in total. The SMILES string of the molecule is Cl.N=C(N)c1ccc(C=C2C(=O)Nc3ncccc32)cc1. The maximum Gasteiger partial charge on any atom is 0.257 e. The van der Waals surface area contributed by atoms with Crippen molar-refractivity contribution < 1.29 is 4.79 Å². The van der Waals surface area contributed by atoms with Gasteiger partial charge >= 0.3 is 0 Å². The number of pyridine rings is 1. The van der Waals surface area contributed by atoms with Gasteiger partial charge in [-0.05, 0) is 23.8 Å². The molecule has 0 atom stereocenters. The predicted octanol–water partition coefficient (Wildman–Crippen LogP) is 2.28. The van der Waals surface area contributed by atoms with Gasteiger partial charge < -0.3 is 11.1 Å². The number of anilines is 1. The molecule has 2 heterocycles. The molecule has 0 saturated carbocycles. The normalized spacial score (nSPS) is 14.3. The quantitative estimate of drug-likeness (QED) is 0.451. The minimum atomic E-state index is -0.158. The van der Waals surface area contributed by atoms with Crippen LogP contribution in [0.4, 0.5) is 5.82 Å². The molecule has 21 heavy (non-hydrogen) atoms. The second-order valence-corrected chi connectivity index (χ2v) is 4.45. The molecule has 3 rings (SSSR count). The van der Waals surface area contributed by atoms with E-state index in [1.54, 1.807) is 30.5 Å². The topological polar surface area (TPSA) is 91.9 Å². The molecule has 1 aliphatic rings. The summed E-state index contributed by atoms with van der Waals surface area (Å²) >= 11 is 0.